The minimum Gasteiger partial charge on any atom is -0.481 e. The van der Waals surface area contributed by atoms with E-state index in [0.717, 1.165) is 24.4 Å². The molecule has 0 amide bonds. The van der Waals surface area contributed by atoms with Gasteiger partial charge in [-0.25, -0.2) is 4.98 Å². The van der Waals surface area contributed by atoms with Crippen molar-refractivity contribution in [1.82, 2.24) is 10.3 Å². The van der Waals surface area contributed by atoms with Crippen molar-refractivity contribution in [3.63, 3.8) is 0 Å². The molecular weight excluding hydrogens is 196 g/mol. The summed E-state index contributed by atoms with van der Waals surface area (Å²) in [6, 6.07) is 0. The third kappa shape index (κ3) is 1.87. The first kappa shape index (κ1) is 10.2. The van der Waals surface area contributed by atoms with Crippen LogP contribution in [0, 0.1) is 12.8 Å². The fraction of sp³-hybridized carbons (Fsp3) is 0.600. The highest BCUT2D eigenvalue weighted by Crippen LogP contribution is 2.31. The second kappa shape index (κ2) is 4.02. The van der Waals surface area contributed by atoms with Gasteiger partial charge in [0.1, 0.15) is 5.76 Å². The van der Waals surface area contributed by atoms with E-state index in [1.807, 2.05) is 6.92 Å². The molecule has 0 aliphatic carbocycles. The summed E-state index contributed by atoms with van der Waals surface area (Å²) in [7, 11) is 0. The second-order valence-electron chi connectivity index (χ2n) is 3.84. The van der Waals surface area contributed by atoms with Gasteiger partial charge in [0, 0.05) is 12.5 Å². The molecular formula is C10H14N2O3. The molecule has 5 nitrogen and oxygen atoms in total. The minimum atomic E-state index is -0.769. The number of hydrogen-bond acceptors (Lipinski definition) is 4. The number of aryl methyl sites for hydroxylation is 1. The van der Waals surface area contributed by atoms with Gasteiger partial charge in [0.25, 0.3) is 0 Å². The maximum absolute atomic E-state index is 11.1. The van der Waals surface area contributed by atoms with Crippen molar-refractivity contribution >= 4 is 5.97 Å². The SMILES string of the molecule is Cc1ocnc1C1CCNCC1C(=O)O. The van der Waals surface area contributed by atoms with Crippen LogP contribution in [0.1, 0.15) is 23.8 Å². The molecule has 1 aliphatic rings. The van der Waals surface area contributed by atoms with Gasteiger partial charge >= 0.3 is 5.97 Å². The van der Waals surface area contributed by atoms with Gasteiger partial charge in [0.15, 0.2) is 6.39 Å². The van der Waals surface area contributed by atoms with E-state index in [1.54, 1.807) is 0 Å². The Morgan fingerprint density at radius 1 is 1.73 bits per heavy atom. The maximum atomic E-state index is 11.1. The van der Waals surface area contributed by atoms with Gasteiger partial charge in [0.2, 0.25) is 0 Å². The average Bonchev–Trinajstić information content (AvgIpc) is 2.64. The third-order valence-corrected chi connectivity index (χ3v) is 2.93. The number of aromatic nitrogens is 1. The lowest BCUT2D eigenvalue weighted by molar-refractivity contribution is -0.143. The number of nitrogens with zero attached hydrogens (tertiary/aromatic N) is 1. The minimum absolute atomic E-state index is 0.0255. The van der Waals surface area contributed by atoms with E-state index in [9.17, 15) is 4.79 Å². The van der Waals surface area contributed by atoms with Gasteiger partial charge in [-0.1, -0.05) is 0 Å². The largest absolute Gasteiger partial charge is 0.481 e. The number of aliphatic carboxylic acids is 1. The summed E-state index contributed by atoms with van der Waals surface area (Å²) in [6.45, 7) is 3.16. The zero-order valence-corrected chi connectivity index (χ0v) is 8.56. The standard InChI is InChI=1S/C10H14N2O3/c1-6-9(12-5-15-6)7-2-3-11-4-8(7)10(13)14/h5,7-8,11H,2-4H2,1H3,(H,13,14). The Bertz CT molecular complexity index is 361. The van der Waals surface area contributed by atoms with Crippen LogP contribution in [0.3, 0.4) is 0 Å². The summed E-state index contributed by atoms with van der Waals surface area (Å²) in [5.74, 6) is -0.465. The van der Waals surface area contributed by atoms with Gasteiger partial charge in [-0.3, -0.25) is 4.79 Å². The van der Waals surface area contributed by atoms with Crippen LogP contribution in [0.2, 0.25) is 0 Å². The molecule has 2 atom stereocenters. The summed E-state index contributed by atoms with van der Waals surface area (Å²) >= 11 is 0. The highest BCUT2D eigenvalue weighted by Gasteiger charge is 2.34. The first-order valence-electron chi connectivity index (χ1n) is 5.03. The number of nitrogens with one attached hydrogen (secondary N) is 1. The van der Waals surface area contributed by atoms with Crippen molar-refractivity contribution in [3.8, 4) is 0 Å². The van der Waals surface area contributed by atoms with Crippen LogP contribution in [0.4, 0.5) is 0 Å². The Balaban J connectivity index is 2.25. The second-order valence-corrected chi connectivity index (χ2v) is 3.84. The van der Waals surface area contributed by atoms with Crippen molar-refractivity contribution in [2.24, 2.45) is 5.92 Å². The molecule has 1 saturated heterocycles. The molecule has 0 bridgehead atoms. The lowest BCUT2D eigenvalue weighted by Gasteiger charge is -2.28. The highest BCUT2D eigenvalue weighted by atomic mass is 16.4. The Morgan fingerprint density at radius 3 is 3.13 bits per heavy atom. The summed E-state index contributed by atoms with van der Waals surface area (Å²) in [6.07, 6.45) is 2.18. The number of hydrogen-bond donors (Lipinski definition) is 2. The van der Waals surface area contributed by atoms with Crippen molar-refractivity contribution in [1.29, 1.82) is 0 Å². The molecule has 2 N–H and O–H groups in total. The molecule has 1 aromatic rings. The van der Waals surface area contributed by atoms with Crippen LogP contribution in [-0.2, 0) is 4.79 Å². The van der Waals surface area contributed by atoms with E-state index in [0.29, 0.717) is 6.54 Å². The first-order valence-corrected chi connectivity index (χ1v) is 5.03. The van der Waals surface area contributed by atoms with E-state index in [4.69, 9.17) is 9.52 Å². The smallest absolute Gasteiger partial charge is 0.308 e. The molecule has 2 heterocycles. The molecule has 0 radical (unpaired) electrons. The fourth-order valence-corrected chi connectivity index (χ4v) is 2.12. The predicted octanol–water partition coefficient (Wildman–Crippen LogP) is 0.761. The molecule has 15 heavy (non-hydrogen) atoms. The van der Waals surface area contributed by atoms with Crippen LogP contribution in [-0.4, -0.2) is 29.1 Å². The van der Waals surface area contributed by atoms with Gasteiger partial charge < -0.3 is 14.8 Å². The number of rotatable bonds is 2. The third-order valence-electron chi connectivity index (χ3n) is 2.93. The van der Waals surface area contributed by atoms with E-state index < -0.39 is 11.9 Å². The average molecular weight is 210 g/mol. The number of piperidine rings is 1. The molecule has 2 rings (SSSR count). The normalized spacial score (nSPS) is 26.5. The molecule has 5 heteroatoms. The van der Waals surface area contributed by atoms with Crippen molar-refractivity contribution < 1.29 is 14.3 Å². The van der Waals surface area contributed by atoms with E-state index >= 15 is 0 Å². The molecule has 1 fully saturated rings. The lowest BCUT2D eigenvalue weighted by atomic mass is 9.83. The number of carboxylic acids is 1. The van der Waals surface area contributed by atoms with Crippen LogP contribution in [0.25, 0.3) is 0 Å². The molecule has 0 saturated carbocycles. The number of carboxylic acid groups (broad SMARTS) is 1. The lowest BCUT2D eigenvalue weighted by Crippen LogP contribution is -2.40. The molecule has 2 unspecified atom stereocenters. The molecule has 1 aliphatic heterocycles. The summed E-state index contributed by atoms with van der Waals surface area (Å²) < 4.78 is 5.12. The maximum Gasteiger partial charge on any atom is 0.308 e. The molecule has 0 spiro atoms. The molecule has 82 valence electrons. The zero-order valence-electron chi connectivity index (χ0n) is 8.56. The first-order chi connectivity index (χ1) is 7.20. The van der Waals surface area contributed by atoms with Crippen molar-refractivity contribution in [2.75, 3.05) is 13.1 Å². The summed E-state index contributed by atoms with van der Waals surface area (Å²) in [4.78, 5) is 15.2. The summed E-state index contributed by atoms with van der Waals surface area (Å²) in [5, 5.41) is 12.2. The zero-order chi connectivity index (χ0) is 10.8. The Hall–Kier alpha value is -1.36. The topological polar surface area (TPSA) is 75.4 Å². The fourth-order valence-electron chi connectivity index (χ4n) is 2.12. The Labute approximate surface area is 87.5 Å². The Kier molecular flexibility index (Phi) is 2.73. The van der Waals surface area contributed by atoms with Crippen molar-refractivity contribution in [2.45, 2.75) is 19.3 Å². The molecule has 0 aromatic carbocycles. The quantitative estimate of drug-likeness (QED) is 0.753. The van der Waals surface area contributed by atoms with Gasteiger partial charge in [-0.05, 0) is 19.9 Å². The van der Waals surface area contributed by atoms with Crippen LogP contribution in [0.15, 0.2) is 10.8 Å². The van der Waals surface area contributed by atoms with Crippen molar-refractivity contribution in [3.05, 3.63) is 17.8 Å². The highest BCUT2D eigenvalue weighted by molar-refractivity contribution is 5.71. The Morgan fingerprint density at radius 2 is 2.53 bits per heavy atom. The summed E-state index contributed by atoms with van der Waals surface area (Å²) in [5.41, 5.74) is 0.795. The van der Waals surface area contributed by atoms with Crippen LogP contribution in [0.5, 0.6) is 0 Å². The van der Waals surface area contributed by atoms with E-state index in [-0.39, 0.29) is 5.92 Å². The van der Waals surface area contributed by atoms with E-state index in [1.165, 1.54) is 6.39 Å². The van der Waals surface area contributed by atoms with Gasteiger partial charge in [0.05, 0.1) is 11.6 Å². The van der Waals surface area contributed by atoms with Crippen LogP contribution < -0.4 is 5.32 Å². The van der Waals surface area contributed by atoms with E-state index in [2.05, 4.69) is 10.3 Å². The predicted molar refractivity (Wildman–Crippen MR) is 52.6 cm³/mol. The molecule has 1 aromatic heterocycles. The number of oxazole rings is 1. The van der Waals surface area contributed by atoms with Gasteiger partial charge in [-0.2, -0.15) is 0 Å². The van der Waals surface area contributed by atoms with Crippen LogP contribution >= 0.6 is 0 Å². The number of carbonyl (C=O) groups is 1. The van der Waals surface area contributed by atoms with Gasteiger partial charge in [-0.15, -0.1) is 0 Å². The monoisotopic (exact) mass is 210 g/mol.